The lowest BCUT2D eigenvalue weighted by Crippen LogP contribution is -2.32. The summed E-state index contributed by atoms with van der Waals surface area (Å²) in [4.78, 5) is 0. The van der Waals surface area contributed by atoms with E-state index in [1.807, 2.05) is 18.2 Å². The third-order valence-electron chi connectivity index (χ3n) is 7.16. The smallest absolute Gasteiger partial charge is 0.214 e. The number of benzene rings is 4. The molecule has 0 aliphatic rings. The first-order chi connectivity index (χ1) is 16.5. The second kappa shape index (κ2) is 7.53. The molecule has 0 spiro atoms. The largest absolute Gasteiger partial charge is 0.306 e. The van der Waals surface area contributed by atoms with Gasteiger partial charge in [0.2, 0.25) is 11.2 Å². The molecule has 0 unspecified atom stereocenters. The maximum absolute atomic E-state index is 15.2. The van der Waals surface area contributed by atoms with Crippen molar-refractivity contribution in [1.29, 1.82) is 0 Å². The molecule has 2 aromatic heterocycles. The van der Waals surface area contributed by atoms with E-state index in [-0.39, 0.29) is 5.82 Å². The summed E-state index contributed by atoms with van der Waals surface area (Å²) < 4.78 is 19.6. The van der Waals surface area contributed by atoms with Crippen molar-refractivity contribution in [3.05, 3.63) is 107 Å². The number of para-hydroxylation sites is 2. The van der Waals surface area contributed by atoms with E-state index in [9.17, 15) is 0 Å². The SMILES string of the molecule is Cc1cc(C)c(C)c(-c2ccc3c(-n4c5ccccc5c5cccc(F)c54)cccc3[n+]2C)c1. The van der Waals surface area contributed by atoms with Crippen molar-refractivity contribution in [2.75, 3.05) is 0 Å². The van der Waals surface area contributed by atoms with Crippen LogP contribution in [0.4, 0.5) is 4.39 Å². The third kappa shape index (κ3) is 2.90. The number of fused-ring (bicyclic) bond motifs is 4. The van der Waals surface area contributed by atoms with Gasteiger partial charge in [-0.2, -0.15) is 4.57 Å². The van der Waals surface area contributed by atoms with Gasteiger partial charge in [-0.05, 0) is 62.2 Å². The Morgan fingerprint density at radius 1 is 0.735 bits per heavy atom. The molecular weight excluding hydrogens is 419 g/mol. The summed E-state index contributed by atoms with van der Waals surface area (Å²) in [5, 5.41) is 3.07. The highest BCUT2D eigenvalue weighted by atomic mass is 19.1. The van der Waals surface area contributed by atoms with Crippen LogP contribution in [-0.2, 0) is 7.05 Å². The second-order valence-corrected chi connectivity index (χ2v) is 9.23. The molecule has 0 amide bonds. The van der Waals surface area contributed by atoms with Crippen LogP contribution >= 0.6 is 0 Å². The van der Waals surface area contributed by atoms with Crippen molar-refractivity contribution in [2.45, 2.75) is 20.8 Å². The first-order valence-electron chi connectivity index (χ1n) is 11.6. The van der Waals surface area contributed by atoms with Crippen molar-refractivity contribution < 1.29 is 8.96 Å². The topological polar surface area (TPSA) is 8.81 Å². The molecule has 3 heteroatoms. The standard InChI is InChI=1S/C31H26FN2/c1-19-17-20(2)21(3)25(18-19)28-16-15-24-27(33(28)4)13-8-14-30(24)34-29-12-6-5-9-22(29)23-10-7-11-26(32)31(23)34/h5-18H,1-4H3/q+1. The molecule has 0 aliphatic heterocycles. The Labute approximate surface area is 198 Å². The van der Waals surface area contributed by atoms with Gasteiger partial charge in [0.25, 0.3) is 0 Å². The molecule has 2 nitrogen and oxygen atoms in total. The van der Waals surface area contributed by atoms with Gasteiger partial charge in [-0.15, -0.1) is 0 Å². The molecule has 0 radical (unpaired) electrons. The molecule has 0 N–H and O–H groups in total. The zero-order valence-electron chi connectivity index (χ0n) is 19.9. The molecule has 0 fully saturated rings. The van der Waals surface area contributed by atoms with Crippen LogP contribution in [0.15, 0.2) is 84.9 Å². The van der Waals surface area contributed by atoms with Crippen molar-refractivity contribution in [2.24, 2.45) is 7.05 Å². The van der Waals surface area contributed by atoms with Gasteiger partial charge in [-0.1, -0.05) is 48.0 Å². The molecule has 0 saturated heterocycles. The number of aryl methyl sites for hydroxylation is 3. The lowest BCUT2D eigenvalue weighted by molar-refractivity contribution is -0.633. The normalized spacial score (nSPS) is 11.7. The number of hydrogen-bond donors (Lipinski definition) is 0. The molecule has 6 aromatic rings. The van der Waals surface area contributed by atoms with E-state index in [2.05, 4.69) is 91.6 Å². The molecule has 2 heterocycles. The minimum atomic E-state index is -0.211. The van der Waals surface area contributed by atoms with Gasteiger partial charge < -0.3 is 4.57 Å². The van der Waals surface area contributed by atoms with Gasteiger partial charge in [-0.3, -0.25) is 0 Å². The number of halogens is 1. The molecular formula is C31H26FN2+. The van der Waals surface area contributed by atoms with Crippen LogP contribution in [0.25, 0.3) is 49.7 Å². The first kappa shape index (κ1) is 20.6. The van der Waals surface area contributed by atoms with Gasteiger partial charge in [0.1, 0.15) is 12.9 Å². The number of hydrogen-bond acceptors (Lipinski definition) is 0. The van der Waals surface area contributed by atoms with E-state index < -0.39 is 0 Å². The van der Waals surface area contributed by atoms with Gasteiger partial charge >= 0.3 is 0 Å². The predicted octanol–water partition coefficient (Wildman–Crippen LogP) is 7.49. The van der Waals surface area contributed by atoms with Crippen LogP contribution in [0.3, 0.4) is 0 Å². The van der Waals surface area contributed by atoms with E-state index >= 15 is 4.39 Å². The zero-order chi connectivity index (χ0) is 23.6. The van der Waals surface area contributed by atoms with Crippen LogP contribution in [0, 0.1) is 26.6 Å². The number of nitrogens with zero attached hydrogens (tertiary/aromatic N) is 2. The van der Waals surface area contributed by atoms with Crippen LogP contribution in [-0.4, -0.2) is 4.57 Å². The van der Waals surface area contributed by atoms with Crippen molar-refractivity contribution in [1.82, 2.24) is 4.57 Å². The summed E-state index contributed by atoms with van der Waals surface area (Å²) in [6.07, 6.45) is 0. The molecule has 0 bridgehead atoms. The summed E-state index contributed by atoms with van der Waals surface area (Å²) in [5.74, 6) is -0.211. The highest BCUT2D eigenvalue weighted by Crippen LogP contribution is 2.36. The maximum Gasteiger partial charge on any atom is 0.214 e. The quantitative estimate of drug-likeness (QED) is 0.244. The minimum Gasteiger partial charge on any atom is -0.306 e. The lowest BCUT2D eigenvalue weighted by Gasteiger charge is -2.13. The van der Waals surface area contributed by atoms with Crippen molar-refractivity contribution >= 4 is 32.7 Å². The average Bonchev–Trinajstić information content (AvgIpc) is 3.17. The van der Waals surface area contributed by atoms with E-state index in [0.717, 1.165) is 32.9 Å². The average molecular weight is 446 g/mol. The van der Waals surface area contributed by atoms with Crippen LogP contribution in [0.2, 0.25) is 0 Å². The highest BCUT2D eigenvalue weighted by molar-refractivity contribution is 6.10. The Balaban J connectivity index is 1.69. The van der Waals surface area contributed by atoms with Gasteiger partial charge in [0.15, 0.2) is 0 Å². The molecule has 34 heavy (non-hydrogen) atoms. The van der Waals surface area contributed by atoms with Gasteiger partial charge in [0, 0.05) is 28.5 Å². The third-order valence-corrected chi connectivity index (χ3v) is 7.16. The van der Waals surface area contributed by atoms with Crippen LogP contribution in [0.1, 0.15) is 16.7 Å². The first-order valence-corrected chi connectivity index (χ1v) is 11.6. The highest BCUT2D eigenvalue weighted by Gasteiger charge is 2.21. The Morgan fingerprint density at radius 3 is 2.35 bits per heavy atom. The summed E-state index contributed by atoms with van der Waals surface area (Å²) in [6.45, 7) is 6.50. The van der Waals surface area contributed by atoms with E-state index in [4.69, 9.17) is 0 Å². The van der Waals surface area contributed by atoms with E-state index in [0.29, 0.717) is 5.52 Å². The fourth-order valence-corrected chi connectivity index (χ4v) is 5.41. The molecule has 4 aromatic carbocycles. The van der Waals surface area contributed by atoms with E-state index in [1.165, 1.54) is 27.9 Å². The maximum atomic E-state index is 15.2. The molecule has 166 valence electrons. The minimum absolute atomic E-state index is 0.211. The lowest BCUT2D eigenvalue weighted by atomic mass is 9.97. The second-order valence-electron chi connectivity index (χ2n) is 9.23. The van der Waals surface area contributed by atoms with E-state index in [1.54, 1.807) is 12.1 Å². The van der Waals surface area contributed by atoms with Crippen molar-refractivity contribution in [3.63, 3.8) is 0 Å². The van der Waals surface area contributed by atoms with Crippen LogP contribution < -0.4 is 4.57 Å². The Morgan fingerprint density at radius 2 is 1.50 bits per heavy atom. The molecule has 0 atom stereocenters. The fraction of sp³-hybridized carbons (Fsp3) is 0.129. The van der Waals surface area contributed by atoms with Crippen LogP contribution in [0.5, 0.6) is 0 Å². The Hall–Kier alpha value is -3.98. The number of pyridine rings is 1. The Bertz CT molecular complexity index is 1760. The number of rotatable bonds is 2. The molecule has 6 rings (SSSR count). The van der Waals surface area contributed by atoms with Gasteiger partial charge in [-0.25, -0.2) is 4.39 Å². The summed E-state index contributed by atoms with van der Waals surface area (Å²) >= 11 is 0. The monoisotopic (exact) mass is 445 g/mol. The predicted molar refractivity (Wildman–Crippen MR) is 139 cm³/mol. The molecule has 0 aliphatic carbocycles. The zero-order valence-corrected chi connectivity index (χ0v) is 19.9. The summed E-state index contributed by atoms with van der Waals surface area (Å²) in [7, 11) is 2.12. The Kier molecular flexibility index (Phi) is 4.56. The summed E-state index contributed by atoms with van der Waals surface area (Å²) in [6, 6.07) is 28.7. The molecule has 0 saturated carbocycles. The summed E-state index contributed by atoms with van der Waals surface area (Å²) in [5.41, 5.74) is 9.97. The number of aromatic nitrogens is 2. The fourth-order valence-electron chi connectivity index (χ4n) is 5.41. The van der Waals surface area contributed by atoms with Crippen molar-refractivity contribution in [3.8, 4) is 16.9 Å². The van der Waals surface area contributed by atoms with Gasteiger partial charge in [0.05, 0.1) is 22.1 Å².